The highest BCUT2D eigenvalue weighted by Gasteiger charge is 2.21. The standard InChI is InChI=1S/C17H19N3O/c1-11-6-7-12(2)15(10-11)20-17(21)14-4-3-5-16(19-14)18-13-8-9-13/h3-7,10,13H,8-9H2,1-2H3,(H,18,19)(H,20,21). The molecule has 2 N–H and O–H groups in total. The number of rotatable bonds is 4. The number of carbonyl (C=O) groups is 1. The van der Waals surface area contributed by atoms with Crippen molar-refractivity contribution < 1.29 is 4.79 Å². The molecule has 0 bridgehead atoms. The van der Waals surface area contributed by atoms with Crippen molar-refractivity contribution in [3.63, 3.8) is 0 Å². The van der Waals surface area contributed by atoms with Crippen molar-refractivity contribution in [2.24, 2.45) is 0 Å². The highest BCUT2D eigenvalue weighted by Crippen LogP contribution is 2.24. The van der Waals surface area contributed by atoms with E-state index in [1.807, 2.05) is 44.2 Å². The van der Waals surface area contributed by atoms with E-state index in [-0.39, 0.29) is 5.91 Å². The molecular weight excluding hydrogens is 262 g/mol. The first-order valence-corrected chi connectivity index (χ1v) is 7.24. The summed E-state index contributed by atoms with van der Waals surface area (Å²) in [4.78, 5) is 16.7. The van der Waals surface area contributed by atoms with Crippen molar-refractivity contribution in [3.8, 4) is 0 Å². The number of carbonyl (C=O) groups excluding carboxylic acids is 1. The normalized spacial score (nSPS) is 13.8. The summed E-state index contributed by atoms with van der Waals surface area (Å²) in [6, 6.07) is 12.0. The van der Waals surface area contributed by atoms with Gasteiger partial charge in [0.1, 0.15) is 11.5 Å². The molecule has 0 saturated heterocycles. The SMILES string of the molecule is Cc1ccc(C)c(NC(=O)c2cccc(NC3CC3)n2)c1. The first-order valence-electron chi connectivity index (χ1n) is 7.24. The van der Waals surface area contributed by atoms with Crippen LogP contribution in [-0.4, -0.2) is 16.9 Å². The van der Waals surface area contributed by atoms with Crippen LogP contribution in [0.1, 0.15) is 34.5 Å². The molecule has 108 valence electrons. The molecule has 0 atom stereocenters. The summed E-state index contributed by atoms with van der Waals surface area (Å²) in [5.74, 6) is 0.592. The molecule has 1 aliphatic rings. The lowest BCUT2D eigenvalue weighted by Crippen LogP contribution is -2.15. The third-order valence-corrected chi connectivity index (χ3v) is 3.55. The molecule has 1 aromatic heterocycles. The zero-order valence-electron chi connectivity index (χ0n) is 12.3. The summed E-state index contributed by atoms with van der Waals surface area (Å²) in [6.45, 7) is 3.99. The third kappa shape index (κ3) is 3.40. The summed E-state index contributed by atoms with van der Waals surface area (Å²) >= 11 is 0. The van der Waals surface area contributed by atoms with Crippen LogP contribution in [0.5, 0.6) is 0 Å². The van der Waals surface area contributed by atoms with Crippen LogP contribution in [0.2, 0.25) is 0 Å². The number of nitrogens with zero attached hydrogens (tertiary/aromatic N) is 1. The second kappa shape index (κ2) is 5.56. The summed E-state index contributed by atoms with van der Waals surface area (Å²) in [7, 11) is 0. The second-order valence-electron chi connectivity index (χ2n) is 5.60. The summed E-state index contributed by atoms with van der Waals surface area (Å²) < 4.78 is 0. The first-order chi connectivity index (χ1) is 10.1. The number of hydrogen-bond acceptors (Lipinski definition) is 3. The summed E-state index contributed by atoms with van der Waals surface area (Å²) in [5, 5.41) is 6.24. The van der Waals surface area contributed by atoms with Crippen LogP contribution in [0.3, 0.4) is 0 Å². The van der Waals surface area contributed by atoms with Gasteiger partial charge >= 0.3 is 0 Å². The highest BCUT2D eigenvalue weighted by molar-refractivity contribution is 6.03. The van der Waals surface area contributed by atoms with Crippen LogP contribution >= 0.6 is 0 Å². The monoisotopic (exact) mass is 281 g/mol. The van der Waals surface area contributed by atoms with Crippen molar-refractivity contribution in [1.29, 1.82) is 0 Å². The van der Waals surface area contributed by atoms with Crippen molar-refractivity contribution in [2.75, 3.05) is 10.6 Å². The predicted octanol–water partition coefficient (Wildman–Crippen LogP) is 3.53. The van der Waals surface area contributed by atoms with E-state index in [1.165, 1.54) is 12.8 Å². The van der Waals surface area contributed by atoms with Crippen LogP contribution in [0.4, 0.5) is 11.5 Å². The number of pyridine rings is 1. The molecule has 4 nitrogen and oxygen atoms in total. The van der Waals surface area contributed by atoms with Gasteiger partial charge in [0.15, 0.2) is 0 Å². The average Bonchev–Trinajstić information content (AvgIpc) is 3.27. The number of benzene rings is 1. The molecule has 1 heterocycles. The van der Waals surface area contributed by atoms with E-state index in [4.69, 9.17) is 0 Å². The van der Waals surface area contributed by atoms with Gasteiger partial charge in [0, 0.05) is 11.7 Å². The minimum atomic E-state index is -0.178. The van der Waals surface area contributed by atoms with Crippen LogP contribution in [0, 0.1) is 13.8 Å². The predicted molar refractivity (Wildman–Crippen MR) is 84.8 cm³/mol. The van der Waals surface area contributed by atoms with E-state index in [1.54, 1.807) is 6.07 Å². The smallest absolute Gasteiger partial charge is 0.274 e. The molecule has 4 heteroatoms. The molecule has 0 radical (unpaired) electrons. The van der Waals surface area contributed by atoms with E-state index < -0.39 is 0 Å². The Kier molecular flexibility index (Phi) is 3.60. The van der Waals surface area contributed by atoms with Crippen molar-refractivity contribution >= 4 is 17.4 Å². The van der Waals surface area contributed by atoms with Gasteiger partial charge < -0.3 is 10.6 Å². The van der Waals surface area contributed by atoms with E-state index in [2.05, 4.69) is 15.6 Å². The van der Waals surface area contributed by atoms with Crippen molar-refractivity contribution in [3.05, 3.63) is 53.2 Å². The van der Waals surface area contributed by atoms with Gasteiger partial charge in [-0.1, -0.05) is 18.2 Å². The molecule has 1 aliphatic carbocycles. The maximum absolute atomic E-state index is 12.3. The number of anilines is 2. The Morgan fingerprint density at radius 1 is 1.19 bits per heavy atom. The number of nitrogens with one attached hydrogen (secondary N) is 2. The summed E-state index contributed by atoms with van der Waals surface area (Å²) in [6.07, 6.45) is 2.36. The topological polar surface area (TPSA) is 54.0 Å². The lowest BCUT2D eigenvalue weighted by molar-refractivity contribution is 0.102. The first kappa shape index (κ1) is 13.6. The van der Waals surface area contributed by atoms with Gasteiger partial charge in [0.2, 0.25) is 0 Å². The Bertz CT molecular complexity index is 677. The minimum absolute atomic E-state index is 0.178. The summed E-state index contributed by atoms with van der Waals surface area (Å²) in [5.41, 5.74) is 3.43. The van der Waals surface area contributed by atoms with E-state index in [0.29, 0.717) is 11.7 Å². The molecule has 0 spiro atoms. The van der Waals surface area contributed by atoms with Gasteiger partial charge in [-0.05, 0) is 56.0 Å². The molecule has 3 rings (SSSR count). The van der Waals surface area contributed by atoms with Crippen molar-refractivity contribution in [2.45, 2.75) is 32.7 Å². The van der Waals surface area contributed by atoms with Gasteiger partial charge in [-0.3, -0.25) is 4.79 Å². The van der Waals surface area contributed by atoms with Crippen molar-refractivity contribution in [1.82, 2.24) is 4.98 Å². The largest absolute Gasteiger partial charge is 0.367 e. The van der Waals surface area contributed by atoms with Gasteiger partial charge in [-0.15, -0.1) is 0 Å². The zero-order valence-corrected chi connectivity index (χ0v) is 12.3. The molecule has 1 saturated carbocycles. The number of aromatic nitrogens is 1. The molecule has 1 aromatic carbocycles. The second-order valence-corrected chi connectivity index (χ2v) is 5.60. The fourth-order valence-electron chi connectivity index (χ4n) is 2.14. The van der Waals surface area contributed by atoms with E-state index >= 15 is 0 Å². The third-order valence-electron chi connectivity index (χ3n) is 3.55. The fraction of sp³-hybridized carbons (Fsp3) is 0.294. The van der Waals surface area contributed by atoms with Gasteiger partial charge in [-0.25, -0.2) is 4.98 Å². The van der Waals surface area contributed by atoms with Gasteiger partial charge in [-0.2, -0.15) is 0 Å². The van der Waals surface area contributed by atoms with Crippen LogP contribution in [-0.2, 0) is 0 Å². The molecule has 0 unspecified atom stereocenters. The maximum atomic E-state index is 12.3. The fourth-order valence-corrected chi connectivity index (χ4v) is 2.14. The van der Waals surface area contributed by atoms with Crippen LogP contribution < -0.4 is 10.6 Å². The molecular formula is C17H19N3O. The van der Waals surface area contributed by atoms with Gasteiger partial charge in [0.25, 0.3) is 5.91 Å². The maximum Gasteiger partial charge on any atom is 0.274 e. The molecule has 1 fully saturated rings. The lowest BCUT2D eigenvalue weighted by Gasteiger charge is -2.10. The Balaban J connectivity index is 1.76. The average molecular weight is 281 g/mol. The Morgan fingerprint density at radius 2 is 2.00 bits per heavy atom. The number of hydrogen-bond donors (Lipinski definition) is 2. The molecule has 2 aromatic rings. The number of aryl methyl sites for hydroxylation is 2. The highest BCUT2D eigenvalue weighted by atomic mass is 16.1. The molecule has 1 amide bonds. The Labute approximate surface area is 124 Å². The van der Waals surface area contributed by atoms with E-state index in [9.17, 15) is 4.79 Å². The van der Waals surface area contributed by atoms with Gasteiger partial charge in [0.05, 0.1) is 0 Å². The Morgan fingerprint density at radius 3 is 2.76 bits per heavy atom. The molecule has 0 aliphatic heterocycles. The zero-order chi connectivity index (χ0) is 14.8. The lowest BCUT2D eigenvalue weighted by atomic mass is 10.1. The molecule has 21 heavy (non-hydrogen) atoms. The Hall–Kier alpha value is -2.36. The minimum Gasteiger partial charge on any atom is -0.367 e. The van der Waals surface area contributed by atoms with Crippen LogP contribution in [0.25, 0.3) is 0 Å². The van der Waals surface area contributed by atoms with E-state index in [0.717, 1.165) is 22.6 Å². The quantitative estimate of drug-likeness (QED) is 0.901. The van der Waals surface area contributed by atoms with Crippen LogP contribution in [0.15, 0.2) is 36.4 Å². The number of amides is 1.